The molecule has 0 fully saturated rings. The Morgan fingerprint density at radius 1 is 1.05 bits per heavy atom. The molecule has 0 aliphatic heterocycles. The number of rotatable bonds is 5. The summed E-state index contributed by atoms with van der Waals surface area (Å²) in [6, 6.07) is 0. The van der Waals surface area contributed by atoms with Crippen LogP contribution in [0.15, 0.2) is 0 Å². The third kappa shape index (κ3) is 7.68. The van der Waals surface area contributed by atoms with E-state index in [0.29, 0.717) is 0 Å². The molecule has 0 aliphatic carbocycles. The van der Waals surface area contributed by atoms with Gasteiger partial charge in [-0.1, -0.05) is 0 Å². The van der Waals surface area contributed by atoms with Crippen molar-refractivity contribution in [3.05, 3.63) is 0 Å². The number of aliphatic hydroxyl groups is 5. The van der Waals surface area contributed by atoms with Crippen molar-refractivity contribution in [2.24, 2.45) is 0 Å². The molecule has 0 aliphatic rings. The highest BCUT2D eigenvalue weighted by molar-refractivity contribution is 7.86. The molecule has 4 atom stereocenters. The maximum Gasteiger partial charge on any atom is 0.522 e. The molecule has 0 aromatic heterocycles. The van der Waals surface area contributed by atoms with Crippen molar-refractivity contribution in [2.45, 2.75) is 29.9 Å². The van der Waals surface area contributed by atoms with Crippen molar-refractivity contribution in [1.82, 2.24) is 0 Å². The average molecular weight is 330 g/mol. The number of hydrogen-bond donors (Lipinski definition) is 6. The Kier molecular flexibility index (Phi) is 9.08. The van der Waals surface area contributed by atoms with E-state index in [-0.39, 0.29) is 6.29 Å². The second-order valence-electron chi connectivity index (χ2n) is 3.28. The third-order valence-electron chi connectivity index (χ3n) is 1.71. The molecule has 0 saturated heterocycles. The maximum atomic E-state index is 10.7. The number of alkyl halides is 3. The van der Waals surface area contributed by atoms with Gasteiger partial charge < -0.3 is 30.3 Å². The molecule has 6 N–H and O–H groups in total. The number of aldehydes is 1. The van der Waals surface area contributed by atoms with Crippen LogP contribution < -0.4 is 0 Å². The topological polar surface area (TPSA) is 173 Å². The van der Waals surface area contributed by atoms with Gasteiger partial charge in [0.1, 0.15) is 24.4 Å². The number of hydrogen-bond acceptors (Lipinski definition) is 8. The van der Waals surface area contributed by atoms with Crippen molar-refractivity contribution < 1.29 is 56.5 Å². The second kappa shape index (κ2) is 8.46. The second-order valence-corrected chi connectivity index (χ2v) is 4.69. The minimum Gasteiger partial charge on any atom is -0.394 e. The zero-order valence-electron chi connectivity index (χ0n) is 9.54. The quantitative estimate of drug-likeness (QED) is 0.175. The number of carbonyl (C=O) groups is 1. The Balaban J connectivity index is 0. The molecule has 0 amide bonds. The van der Waals surface area contributed by atoms with Gasteiger partial charge in [-0.25, -0.2) is 0 Å². The summed E-state index contributed by atoms with van der Waals surface area (Å²) in [6.45, 7) is -0.760. The van der Waals surface area contributed by atoms with Crippen molar-refractivity contribution in [3.8, 4) is 0 Å². The summed E-state index contributed by atoms with van der Waals surface area (Å²) >= 11 is 0. The van der Waals surface area contributed by atoms with Crippen LogP contribution in [0, 0.1) is 0 Å². The lowest BCUT2D eigenvalue weighted by Gasteiger charge is -2.22. The standard InChI is InChI=1S/C6H12O6.CHF3O3S/c7-1-3(9)5(11)6(12)4(10)2-8;2-1(3,4)8(5,6)7/h1,3-6,8-12H,2H2;(H,5,6,7)/t3-,4+,5+,6+;/m0./s1. The van der Waals surface area contributed by atoms with Gasteiger partial charge in [0.15, 0.2) is 6.29 Å². The normalized spacial score (nSPS) is 18.2. The molecule has 0 spiro atoms. The minimum absolute atomic E-state index is 0.0258. The Hall–Kier alpha value is -0.830. The van der Waals surface area contributed by atoms with E-state index in [1.165, 1.54) is 0 Å². The zero-order chi connectivity index (χ0) is 16.7. The Morgan fingerprint density at radius 2 is 1.40 bits per heavy atom. The fourth-order valence-corrected chi connectivity index (χ4v) is 0.618. The lowest BCUT2D eigenvalue weighted by atomic mass is 10.0. The van der Waals surface area contributed by atoms with Gasteiger partial charge in [0.2, 0.25) is 0 Å². The molecule has 20 heavy (non-hydrogen) atoms. The van der Waals surface area contributed by atoms with Gasteiger partial charge in [-0.05, 0) is 0 Å². The van der Waals surface area contributed by atoms with E-state index in [1.807, 2.05) is 0 Å². The van der Waals surface area contributed by atoms with E-state index in [9.17, 15) is 18.0 Å². The van der Waals surface area contributed by atoms with Crippen molar-refractivity contribution >= 4 is 16.4 Å². The van der Waals surface area contributed by atoms with Crippen LogP contribution >= 0.6 is 0 Å². The summed E-state index contributed by atoms with van der Waals surface area (Å²) < 4.78 is 57.5. The summed E-state index contributed by atoms with van der Waals surface area (Å²) in [7, 11) is -5.84. The molecule has 0 aromatic rings. The largest absolute Gasteiger partial charge is 0.522 e. The van der Waals surface area contributed by atoms with Gasteiger partial charge in [-0.2, -0.15) is 21.6 Å². The van der Waals surface area contributed by atoms with Crippen LogP contribution in [-0.4, -0.2) is 81.3 Å². The molecular weight excluding hydrogens is 317 g/mol. The fourth-order valence-electron chi connectivity index (χ4n) is 0.618. The van der Waals surface area contributed by atoms with Crippen LogP contribution in [0.5, 0.6) is 0 Å². The van der Waals surface area contributed by atoms with E-state index in [1.54, 1.807) is 0 Å². The Labute approximate surface area is 110 Å². The molecule has 0 rings (SSSR count). The molecule has 13 heteroatoms. The predicted octanol–water partition coefficient (Wildman–Crippen LogP) is -2.98. The van der Waals surface area contributed by atoms with Crippen molar-refractivity contribution in [1.29, 1.82) is 0 Å². The average Bonchev–Trinajstić information content (AvgIpc) is 2.33. The molecule has 0 bridgehead atoms. The molecule has 0 saturated carbocycles. The van der Waals surface area contributed by atoms with E-state index >= 15 is 0 Å². The number of aliphatic hydroxyl groups excluding tert-OH is 5. The summed E-state index contributed by atoms with van der Waals surface area (Å²) in [4.78, 5) is 9.90. The van der Waals surface area contributed by atoms with E-state index < -0.39 is 46.6 Å². The highest BCUT2D eigenvalue weighted by atomic mass is 32.2. The van der Waals surface area contributed by atoms with Crippen molar-refractivity contribution in [3.63, 3.8) is 0 Å². The first-order chi connectivity index (χ1) is 8.79. The molecule has 9 nitrogen and oxygen atoms in total. The van der Waals surface area contributed by atoms with E-state index in [4.69, 9.17) is 38.5 Å². The molecule has 0 radical (unpaired) electrons. The first-order valence-electron chi connectivity index (χ1n) is 4.61. The molecule has 122 valence electrons. The van der Waals surface area contributed by atoms with E-state index in [2.05, 4.69) is 0 Å². The lowest BCUT2D eigenvalue weighted by Crippen LogP contribution is -2.46. The van der Waals surface area contributed by atoms with Gasteiger partial charge in [0.05, 0.1) is 6.61 Å². The summed E-state index contributed by atoms with van der Waals surface area (Å²) in [5.74, 6) is 0. The van der Waals surface area contributed by atoms with Crippen LogP contribution in [0.3, 0.4) is 0 Å². The first kappa shape index (κ1) is 21.5. The Bertz CT molecular complexity index is 381. The summed E-state index contributed by atoms with van der Waals surface area (Å²) in [6.07, 6.45) is -6.84. The summed E-state index contributed by atoms with van der Waals surface area (Å²) in [5, 5.41) is 43.5. The van der Waals surface area contributed by atoms with Gasteiger partial charge in [-0.3, -0.25) is 4.55 Å². The fraction of sp³-hybridized carbons (Fsp3) is 0.857. The van der Waals surface area contributed by atoms with Crippen LogP contribution in [-0.2, 0) is 14.9 Å². The van der Waals surface area contributed by atoms with Gasteiger partial charge in [0, 0.05) is 0 Å². The van der Waals surface area contributed by atoms with Crippen LogP contribution in [0.25, 0.3) is 0 Å². The molecule has 0 aromatic carbocycles. The smallest absolute Gasteiger partial charge is 0.394 e. The molecular formula is C7H13F3O9S. The monoisotopic (exact) mass is 330 g/mol. The maximum absolute atomic E-state index is 10.7. The predicted molar refractivity (Wildman–Crippen MR) is 54.8 cm³/mol. The SMILES string of the molecule is O=C[C@H](O)[C@@H](O)[C@H](O)[C@H](O)CO.O=S(=O)(O)C(F)(F)F. The van der Waals surface area contributed by atoms with E-state index in [0.717, 1.165) is 0 Å². The van der Waals surface area contributed by atoms with Gasteiger partial charge in [0.25, 0.3) is 0 Å². The van der Waals surface area contributed by atoms with Gasteiger partial charge in [-0.15, -0.1) is 0 Å². The minimum atomic E-state index is -5.84. The highest BCUT2D eigenvalue weighted by Crippen LogP contribution is 2.20. The van der Waals surface area contributed by atoms with Crippen LogP contribution in [0.4, 0.5) is 13.2 Å². The third-order valence-corrected chi connectivity index (χ3v) is 2.30. The Morgan fingerprint density at radius 3 is 1.60 bits per heavy atom. The molecule has 0 unspecified atom stereocenters. The van der Waals surface area contributed by atoms with Crippen molar-refractivity contribution in [2.75, 3.05) is 6.61 Å². The van der Waals surface area contributed by atoms with Crippen LogP contribution in [0.1, 0.15) is 0 Å². The van der Waals surface area contributed by atoms with Gasteiger partial charge >= 0.3 is 15.6 Å². The number of halogens is 3. The lowest BCUT2D eigenvalue weighted by molar-refractivity contribution is -0.136. The summed E-state index contributed by atoms with van der Waals surface area (Å²) in [5.41, 5.74) is -5.53. The van der Waals surface area contributed by atoms with Crippen LogP contribution in [0.2, 0.25) is 0 Å². The first-order valence-corrected chi connectivity index (χ1v) is 6.05. The molecule has 0 heterocycles. The zero-order valence-corrected chi connectivity index (χ0v) is 10.4. The number of carbonyl (C=O) groups excluding carboxylic acids is 1. The highest BCUT2D eigenvalue weighted by Gasteiger charge is 2.44.